The zero-order chi connectivity index (χ0) is 14.8. The van der Waals surface area contributed by atoms with Gasteiger partial charge in [-0.3, -0.25) is 4.79 Å². The first-order valence-corrected chi connectivity index (χ1v) is 6.61. The van der Waals surface area contributed by atoms with E-state index in [9.17, 15) is 9.59 Å². The minimum atomic E-state index is -0.598. The topological polar surface area (TPSA) is 59.2 Å². The van der Waals surface area contributed by atoms with Crippen LogP contribution in [0.25, 0.3) is 10.9 Å². The first-order chi connectivity index (χ1) is 10.1. The molecule has 3 rings (SSSR count). The van der Waals surface area contributed by atoms with Crippen LogP contribution in [-0.4, -0.2) is 11.0 Å². The molecule has 1 aromatic heterocycles. The summed E-state index contributed by atoms with van der Waals surface area (Å²) in [6.45, 7) is 0. The van der Waals surface area contributed by atoms with Crippen molar-refractivity contribution in [2.24, 2.45) is 0 Å². The van der Waals surface area contributed by atoms with E-state index in [4.69, 9.17) is 16.3 Å². The van der Waals surface area contributed by atoms with E-state index in [0.717, 1.165) is 0 Å². The maximum absolute atomic E-state index is 12.3. The van der Waals surface area contributed by atoms with Crippen LogP contribution in [0.5, 0.6) is 5.75 Å². The first kappa shape index (κ1) is 13.4. The number of para-hydroxylation sites is 1. The highest BCUT2D eigenvalue weighted by atomic mass is 35.5. The molecular weight excluding hydrogens is 290 g/mol. The molecule has 0 aliphatic carbocycles. The standard InChI is InChI=1S/C16H10ClNO3/c17-10-4-3-5-11(8-10)21-16(20)13-9-15(19)18-14-7-2-1-6-12(13)14/h1-9H,(H,18,19). The third kappa shape index (κ3) is 2.80. The van der Waals surface area contributed by atoms with Crippen molar-refractivity contribution < 1.29 is 9.53 Å². The van der Waals surface area contributed by atoms with Crippen LogP contribution in [0.3, 0.4) is 0 Å². The number of aromatic nitrogens is 1. The maximum Gasteiger partial charge on any atom is 0.344 e. The Labute approximate surface area is 124 Å². The van der Waals surface area contributed by atoms with E-state index < -0.39 is 5.97 Å². The molecule has 104 valence electrons. The van der Waals surface area contributed by atoms with Crippen LogP contribution in [0.15, 0.2) is 59.4 Å². The van der Waals surface area contributed by atoms with Gasteiger partial charge in [0.15, 0.2) is 0 Å². The van der Waals surface area contributed by atoms with Crippen molar-refractivity contribution in [1.82, 2.24) is 4.98 Å². The van der Waals surface area contributed by atoms with Gasteiger partial charge in [-0.1, -0.05) is 35.9 Å². The zero-order valence-corrected chi connectivity index (χ0v) is 11.6. The first-order valence-electron chi connectivity index (χ1n) is 6.23. The Hall–Kier alpha value is -2.59. The predicted octanol–water partition coefficient (Wildman–Crippen LogP) is 3.40. The van der Waals surface area contributed by atoms with E-state index in [0.29, 0.717) is 21.7 Å². The number of aromatic amines is 1. The fourth-order valence-corrected chi connectivity index (χ4v) is 2.25. The minimum Gasteiger partial charge on any atom is -0.423 e. The number of hydrogen-bond acceptors (Lipinski definition) is 3. The quantitative estimate of drug-likeness (QED) is 0.583. The number of carbonyl (C=O) groups excluding carboxylic acids is 1. The van der Waals surface area contributed by atoms with Crippen molar-refractivity contribution in [2.45, 2.75) is 0 Å². The number of ether oxygens (including phenoxy) is 1. The second kappa shape index (κ2) is 5.42. The zero-order valence-electron chi connectivity index (χ0n) is 10.8. The predicted molar refractivity (Wildman–Crippen MR) is 81.0 cm³/mol. The molecule has 2 aromatic carbocycles. The molecule has 21 heavy (non-hydrogen) atoms. The van der Waals surface area contributed by atoms with Crippen LogP contribution in [0, 0.1) is 0 Å². The molecule has 1 N–H and O–H groups in total. The Morgan fingerprint density at radius 3 is 2.67 bits per heavy atom. The number of rotatable bonds is 2. The minimum absolute atomic E-state index is 0.217. The number of benzene rings is 2. The third-order valence-electron chi connectivity index (χ3n) is 2.98. The Kier molecular flexibility index (Phi) is 3.46. The molecule has 0 radical (unpaired) electrons. The largest absolute Gasteiger partial charge is 0.423 e. The van der Waals surface area contributed by atoms with Crippen molar-refractivity contribution in [2.75, 3.05) is 0 Å². The van der Waals surface area contributed by atoms with Gasteiger partial charge in [0.2, 0.25) is 5.56 Å². The Morgan fingerprint density at radius 1 is 1.05 bits per heavy atom. The van der Waals surface area contributed by atoms with Gasteiger partial charge in [0.05, 0.1) is 5.56 Å². The number of hydrogen-bond donors (Lipinski definition) is 1. The number of nitrogens with one attached hydrogen (secondary N) is 1. The Bertz CT molecular complexity index is 886. The van der Waals surface area contributed by atoms with E-state index >= 15 is 0 Å². The Balaban J connectivity index is 2.04. The summed E-state index contributed by atoms with van der Waals surface area (Å²) < 4.78 is 5.27. The highest BCUT2D eigenvalue weighted by Crippen LogP contribution is 2.20. The monoisotopic (exact) mass is 299 g/mol. The number of fused-ring (bicyclic) bond motifs is 1. The lowest BCUT2D eigenvalue weighted by atomic mass is 10.1. The van der Waals surface area contributed by atoms with Crippen molar-refractivity contribution >= 4 is 28.5 Å². The lowest BCUT2D eigenvalue weighted by molar-refractivity contribution is 0.0736. The van der Waals surface area contributed by atoms with Crippen LogP contribution < -0.4 is 10.3 Å². The van der Waals surface area contributed by atoms with E-state index in [2.05, 4.69) is 4.98 Å². The molecule has 0 aliphatic rings. The highest BCUT2D eigenvalue weighted by molar-refractivity contribution is 6.30. The van der Waals surface area contributed by atoms with Crippen LogP contribution in [-0.2, 0) is 0 Å². The van der Waals surface area contributed by atoms with E-state index in [1.54, 1.807) is 42.5 Å². The Morgan fingerprint density at radius 2 is 1.86 bits per heavy atom. The summed E-state index contributed by atoms with van der Waals surface area (Å²) in [4.78, 5) is 26.6. The van der Waals surface area contributed by atoms with Gasteiger partial charge >= 0.3 is 5.97 Å². The highest BCUT2D eigenvalue weighted by Gasteiger charge is 2.14. The van der Waals surface area contributed by atoms with E-state index in [1.807, 2.05) is 0 Å². The average Bonchev–Trinajstić information content (AvgIpc) is 2.46. The SMILES string of the molecule is O=C(Oc1cccc(Cl)c1)c1cc(=O)[nH]c2ccccc12. The molecule has 0 unspecified atom stereocenters. The molecule has 5 heteroatoms. The number of H-pyrrole nitrogens is 1. The van der Waals surface area contributed by atoms with E-state index in [1.165, 1.54) is 12.1 Å². The molecule has 4 nitrogen and oxygen atoms in total. The fourth-order valence-electron chi connectivity index (χ4n) is 2.07. The molecular formula is C16H10ClNO3. The van der Waals surface area contributed by atoms with Gasteiger partial charge in [-0.25, -0.2) is 4.79 Å². The number of pyridine rings is 1. The van der Waals surface area contributed by atoms with Crippen molar-refractivity contribution in [3.63, 3.8) is 0 Å². The summed E-state index contributed by atoms with van der Waals surface area (Å²) in [5.41, 5.74) is 0.448. The van der Waals surface area contributed by atoms with E-state index in [-0.39, 0.29) is 11.1 Å². The van der Waals surface area contributed by atoms with Crippen LogP contribution in [0.1, 0.15) is 10.4 Å². The van der Waals surface area contributed by atoms with Crippen LogP contribution in [0.2, 0.25) is 5.02 Å². The number of esters is 1. The second-order valence-corrected chi connectivity index (χ2v) is 4.88. The number of halogens is 1. The van der Waals surface area contributed by atoms with Gasteiger partial charge in [0.1, 0.15) is 5.75 Å². The lowest BCUT2D eigenvalue weighted by Crippen LogP contribution is -2.14. The van der Waals surface area contributed by atoms with Gasteiger partial charge in [0, 0.05) is 22.0 Å². The molecule has 0 saturated heterocycles. The lowest BCUT2D eigenvalue weighted by Gasteiger charge is -2.07. The summed E-state index contributed by atoms with van der Waals surface area (Å²) in [6, 6.07) is 14.8. The fraction of sp³-hybridized carbons (Fsp3) is 0. The summed E-state index contributed by atoms with van der Waals surface area (Å²) in [7, 11) is 0. The van der Waals surface area contributed by atoms with Gasteiger partial charge < -0.3 is 9.72 Å². The van der Waals surface area contributed by atoms with Gasteiger partial charge in [-0.05, 0) is 24.3 Å². The molecule has 3 aromatic rings. The summed E-state index contributed by atoms with van der Waals surface area (Å²) in [5.74, 6) is -0.267. The van der Waals surface area contributed by atoms with Crippen LogP contribution in [0.4, 0.5) is 0 Å². The number of carbonyl (C=O) groups is 1. The smallest absolute Gasteiger partial charge is 0.344 e. The van der Waals surface area contributed by atoms with Crippen molar-refractivity contribution in [3.8, 4) is 5.75 Å². The molecule has 1 heterocycles. The molecule has 0 bridgehead atoms. The summed E-state index contributed by atoms with van der Waals surface area (Å²) in [5, 5.41) is 1.10. The van der Waals surface area contributed by atoms with Gasteiger partial charge in [-0.15, -0.1) is 0 Å². The molecule has 0 aliphatic heterocycles. The normalized spacial score (nSPS) is 10.5. The van der Waals surface area contributed by atoms with Gasteiger partial charge in [-0.2, -0.15) is 0 Å². The summed E-state index contributed by atoms with van der Waals surface area (Å²) in [6.07, 6.45) is 0. The maximum atomic E-state index is 12.3. The van der Waals surface area contributed by atoms with Crippen molar-refractivity contribution in [3.05, 3.63) is 75.5 Å². The van der Waals surface area contributed by atoms with Crippen molar-refractivity contribution in [1.29, 1.82) is 0 Å². The third-order valence-corrected chi connectivity index (χ3v) is 3.21. The van der Waals surface area contributed by atoms with Crippen LogP contribution >= 0.6 is 11.6 Å². The average molecular weight is 300 g/mol. The van der Waals surface area contributed by atoms with Gasteiger partial charge in [0.25, 0.3) is 0 Å². The summed E-state index contributed by atoms with van der Waals surface area (Å²) >= 11 is 5.85. The second-order valence-electron chi connectivity index (χ2n) is 4.44. The molecule has 0 fully saturated rings. The molecule has 0 spiro atoms. The molecule has 0 amide bonds. The molecule has 0 atom stereocenters. The molecule has 0 saturated carbocycles.